The van der Waals surface area contributed by atoms with Crippen LogP contribution in [0.3, 0.4) is 0 Å². The molecule has 2 amide bonds. The molecule has 0 aliphatic carbocycles. The lowest BCUT2D eigenvalue weighted by molar-refractivity contribution is -0.118. The first-order valence-electron chi connectivity index (χ1n) is 9.60. The number of nitrogens with one attached hydrogen (secondary N) is 2. The average Bonchev–Trinajstić information content (AvgIpc) is 2.80. The van der Waals surface area contributed by atoms with E-state index in [2.05, 4.69) is 15.8 Å². The Morgan fingerprint density at radius 1 is 0.968 bits per heavy atom. The number of methoxy groups -OCH3 is 1. The molecule has 0 saturated carbocycles. The number of amides is 2. The Bertz CT molecular complexity index is 1060. The molecule has 7 heteroatoms. The zero-order valence-electron chi connectivity index (χ0n) is 17.3. The fourth-order valence-electron chi connectivity index (χ4n) is 2.63. The molecule has 0 fully saturated rings. The molecule has 0 spiro atoms. The van der Waals surface area contributed by atoms with Crippen LogP contribution in [0.4, 0.5) is 5.69 Å². The lowest BCUT2D eigenvalue weighted by Gasteiger charge is -2.08. The van der Waals surface area contributed by atoms with Crippen LogP contribution in [-0.2, 0) is 4.79 Å². The van der Waals surface area contributed by atoms with Crippen molar-refractivity contribution in [3.05, 3.63) is 89.5 Å². The van der Waals surface area contributed by atoms with Gasteiger partial charge in [-0.15, -0.1) is 0 Å². The summed E-state index contributed by atoms with van der Waals surface area (Å²) in [6, 6.07) is 21.3. The molecule has 3 aromatic carbocycles. The summed E-state index contributed by atoms with van der Waals surface area (Å²) in [5, 5.41) is 6.74. The Labute approximate surface area is 180 Å². The summed E-state index contributed by atoms with van der Waals surface area (Å²) >= 11 is 0. The van der Waals surface area contributed by atoms with Crippen molar-refractivity contribution in [1.29, 1.82) is 0 Å². The predicted octanol–water partition coefficient (Wildman–Crippen LogP) is 3.79. The van der Waals surface area contributed by atoms with Gasteiger partial charge >= 0.3 is 0 Å². The van der Waals surface area contributed by atoms with E-state index in [1.807, 2.05) is 31.2 Å². The number of anilines is 1. The quantitative estimate of drug-likeness (QED) is 0.431. The molecule has 2 N–H and O–H groups in total. The van der Waals surface area contributed by atoms with Crippen molar-refractivity contribution in [3.8, 4) is 11.5 Å². The van der Waals surface area contributed by atoms with Gasteiger partial charge in [-0.2, -0.15) is 5.10 Å². The smallest absolute Gasteiger partial charge is 0.271 e. The number of rotatable bonds is 8. The SMILES string of the molecule is COc1cccc(C(=O)N/N=C\c2ccc(OCC(=O)Nc3ccc(C)cc3)cc2)c1. The topological polar surface area (TPSA) is 89.0 Å². The minimum absolute atomic E-state index is 0.0993. The zero-order valence-corrected chi connectivity index (χ0v) is 17.3. The van der Waals surface area contributed by atoms with E-state index in [-0.39, 0.29) is 18.4 Å². The van der Waals surface area contributed by atoms with Crippen molar-refractivity contribution in [2.24, 2.45) is 5.10 Å². The van der Waals surface area contributed by atoms with Crippen LogP contribution in [0.15, 0.2) is 77.9 Å². The van der Waals surface area contributed by atoms with Gasteiger partial charge in [0, 0.05) is 11.3 Å². The Morgan fingerprint density at radius 2 is 1.71 bits per heavy atom. The maximum absolute atomic E-state index is 12.1. The molecule has 0 radical (unpaired) electrons. The number of carbonyl (C=O) groups excluding carboxylic acids is 2. The summed E-state index contributed by atoms with van der Waals surface area (Å²) in [6.45, 7) is 1.88. The van der Waals surface area contributed by atoms with E-state index in [0.717, 1.165) is 16.8 Å². The van der Waals surface area contributed by atoms with Gasteiger partial charge in [0.2, 0.25) is 0 Å². The Kier molecular flexibility index (Phi) is 7.37. The molecular formula is C24H23N3O4. The molecule has 158 valence electrons. The van der Waals surface area contributed by atoms with Crippen LogP contribution in [0.2, 0.25) is 0 Å². The number of carbonyl (C=O) groups is 2. The Hall–Kier alpha value is -4.13. The van der Waals surface area contributed by atoms with Gasteiger partial charge in [-0.05, 0) is 67.1 Å². The van der Waals surface area contributed by atoms with E-state index in [1.54, 1.807) is 55.6 Å². The van der Waals surface area contributed by atoms with Crippen LogP contribution in [0.5, 0.6) is 11.5 Å². The number of aryl methyl sites for hydroxylation is 1. The number of nitrogens with zero attached hydrogens (tertiary/aromatic N) is 1. The molecule has 0 aromatic heterocycles. The number of ether oxygens (including phenoxy) is 2. The van der Waals surface area contributed by atoms with E-state index in [9.17, 15) is 9.59 Å². The summed E-state index contributed by atoms with van der Waals surface area (Å²) < 4.78 is 10.6. The van der Waals surface area contributed by atoms with Gasteiger partial charge in [0.15, 0.2) is 6.61 Å². The number of hydrazone groups is 1. The molecule has 0 aliphatic heterocycles. The highest BCUT2D eigenvalue weighted by molar-refractivity contribution is 5.95. The van der Waals surface area contributed by atoms with Crippen LogP contribution in [-0.4, -0.2) is 31.7 Å². The van der Waals surface area contributed by atoms with Crippen LogP contribution in [0.1, 0.15) is 21.5 Å². The van der Waals surface area contributed by atoms with E-state index in [0.29, 0.717) is 17.1 Å². The highest BCUT2D eigenvalue weighted by Crippen LogP contribution is 2.13. The van der Waals surface area contributed by atoms with Crippen molar-refractivity contribution >= 4 is 23.7 Å². The lowest BCUT2D eigenvalue weighted by Crippen LogP contribution is -2.20. The highest BCUT2D eigenvalue weighted by Gasteiger charge is 2.06. The van der Waals surface area contributed by atoms with Crippen molar-refractivity contribution in [1.82, 2.24) is 5.43 Å². The fourth-order valence-corrected chi connectivity index (χ4v) is 2.63. The van der Waals surface area contributed by atoms with E-state index < -0.39 is 0 Å². The molecule has 3 rings (SSSR count). The molecular weight excluding hydrogens is 394 g/mol. The minimum Gasteiger partial charge on any atom is -0.497 e. The van der Waals surface area contributed by atoms with Gasteiger partial charge in [-0.1, -0.05) is 23.8 Å². The molecule has 0 saturated heterocycles. The average molecular weight is 417 g/mol. The van der Waals surface area contributed by atoms with Crippen LogP contribution in [0.25, 0.3) is 0 Å². The van der Waals surface area contributed by atoms with Crippen LogP contribution in [0, 0.1) is 6.92 Å². The van der Waals surface area contributed by atoms with Gasteiger partial charge in [-0.25, -0.2) is 5.43 Å². The third-order valence-electron chi connectivity index (χ3n) is 4.30. The van der Waals surface area contributed by atoms with E-state index in [4.69, 9.17) is 9.47 Å². The second kappa shape index (κ2) is 10.6. The highest BCUT2D eigenvalue weighted by atomic mass is 16.5. The predicted molar refractivity (Wildman–Crippen MR) is 120 cm³/mol. The van der Waals surface area contributed by atoms with Gasteiger partial charge < -0.3 is 14.8 Å². The summed E-state index contributed by atoms with van der Waals surface area (Å²) in [7, 11) is 1.54. The Morgan fingerprint density at radius 3 is 2.42 bits per heavy atom. The van der Waals surface area contributed by atoms with E-state index >= 15 is 0 Å². The van der Waals surface area contributed by atoms with Gasteiger partial charge in [0.25, 0.3) is 11.8 Å². The maximum Gasteiger partial charge on any atom is 0.271 e. The first kappa shape index (κ1) is 21.6. The maximum atomic E-state index is 12.1. The van der Waals surface area contributed by atoms with Crippen molar-refractivity contribution < 1.29 is 19.1 Å². The standard InChI is InChI=1S/C24H23N3O4/c1-17-6-10-20(11-7-17)26-23(28)16-31-21-12-8-18(9-13-21)15-25-27-24(29)19-4-3-5-22(14-19)30-2/h3-15H,16H2,1-2H3,(H,26,28)(H,27,29)/b25-15-. The Balaban J connectivity index is 1.46. The monoisotopic (exact) mass is 417 g/mol. The molecule has 0 bridgehead atoms. The molecule has 3 aromatic rings. The summed E-state index contributed by atoms with van der Waals surface area (Å²) in [6.07, 6.45) is 1.52. The molecule has 31 heavy (non-hydrogen) atoms. The first-order chi connectivity index (χ1) is 15.0. The van der Waals surface area contributed by atoms with Gasteiger partial charge in [0.05, 0.1) is 13.3 Å². The summed E-state index contributed by atoms with van der Waals surface area (Å²) in [5.41, 5.74) is 5.53. The second-order valence-electron chi connectivity index (χ2n) is 6.70. The number of hydrogen-bond donors (Lipinski definition) is 2. The summed E-state index contributed by atoms with van der Waals surface area (Å²) in [4.78, 5) is 24.1. The molecule has 0 heterocycles. The molecule has 0 atom stereocenters. The first-order valence-corrected chi connectivity index (χ1v) is 9.60. The van der Waals surface area contributed by atoms with E-state index in [1.165, 1.54) is 6.21 Å². The zero-order chi connectivity index (χ0) is 22.1. The summed E-state index contributed by atoms with van der Waals surface area (Å²) in [5.74, 6) is 0.570. The second-order valence-corrected chi connectivity index (χ2v) is 6.70. The normalized spacial score (nSPS) is 10.5. The lowest BCUT2D eigenvalue weighted by atomic mass is 10.2. The van der Waals surface area contributed by atoms with Crippen molar-refractivity contribution in [3.63, 3.8) is 0 Å². The minimum atomic E-state index is -0.338. The molecule has 7 nitrogen and oxygen atoms in total. The van der Waals surface area contributed by atoms with Crippen molar-refractivity contribution in [2.45, 2.75) is 6.92 Å². The van der Waals surface area contributed by atoms with Gasteiger partial charge in [-0.3, -0.25) is 9.59 Å². The van der Waals surface area contributed by atoms with Crippen LogP contribution < -0.4 is 20.2 Å². The molecule has 0 unspecified atom stereocenters. The number of hydrogen-bond acceptors (Lipinski definition) is 5. The molecule has 0 aliphatic rings. The largest absolute Gasteiger partial charge is 0.497 e. The van der Waals surface area contributed by atoms with Crippen molar-refractivity contribution in [2.75, 3.05) is 19.0 Å². The fraction of sp³-hybridized carbons (Fsp3) is 0.125. The third-order valence-corrected chi connectivity index (χ3v) is 4.30. The van der Waals surface area contributed by atoms with Crippen LogP contribution >= 0.6 is 0 Å². The van der Waals surface area contributed by atoms with Gasteiger partial charge in [0.1, 0.15) is 11.5 Å². The third kappa shape index (κ3) is 6.71. The number of benzene rings is 3.